The molecule has 0 spiro atoms. The summed E-state index contributed by atoms with van der Waals surface area (Å²) >= 11 is 0. The summed E-state index contributed by atoms with van der Waals surface area (Å²) in [5.74, 6) is 3.99. The first-order valence-electron chi connectivity index (χ1n) is 34.4. The van der Waals surface area contributed by atoms with Gasteiger partial charge in [-0.3, -0.25) is 0 Å². The summed E-state index contributed by atoms with van der Waals surface area (Å²) in [7, 11) is 12.9. The predicted octanol–water partition coefficient (Wildman–Crippen LogP) is 7.20. The van der Waals surface area contributed by atoms with Gasteiger partial charge in [-0.25, -0.2) is 29.9 Å². The minimum atomic E-state index is 0. The van der Waals surface area contributed by atoms with E-state index in [0.717, 1.165) is 0 Å². The molecule has 4 aromatic carbocycles. The fraction of sp³-hybridized carbons (Fsp3) is 0.556. The minimum absolute atomic E-state index is 0. The molecule has 33 heteroatoms. The Hall–Kier alpha value is -7.38. The van der Waals surface area contributed by atoms with E-state index in [0.29, 0.717) is 218 Å². The van der Waals surface area contributed by atoms with Gasteiger partial charge >= 0.3 is 19.5 Å². The zero-order valence-corrected chi connectivity index (χ0v) is 64.4. The Balaban J connectivity index is 0.0000139. The number of nitrogens with zero attached hydrogens (tertiary/aromatic N) is 6. The SMILES string of the molecule is COCCOCCOc1cc2c(cc1OCCOCCOC)-c1nc-2nc2[nH]c(nc3nc(nc4[nH]c(n1)c1cc(OCCOCCOC)c(OCCOCCOC)cc41)-c1cc(OCCOCCOC)c(OCCOCCOC)cc1-3)c1cc(OCCOCCOC)c(OCCOCCOC)cc21.[Zn+2]. The Labute approximate surface area is 622 Å². The van der Waals surface area contributed by atoms with Crippen LogP contribution in [0.4, 0.5) is 0 Å². The fourth-order valence-corrected chi connectivity index (χ4v) is 10.4. The van der Waals surface area contributed by atoms with E-state index in [1.807, 2.05) is 48.5 Å². The van der Waals surface area contributed by atoms with Crippen LogP contribution in [0.25, 0.3) is 89.7 Å². The molecule has 2 aliphatic heterocycles. The van der Waals surface area contributed by atoms with Crippen molar-refractivity contribution in [2.24, 2.45) is 0 Å². The summed E-state index contributed by atoms with van der Waals surface area (Å²) in [6.07, 6.45) is 0. The van der Waals surface area contributed by atoms with E-state index in [4.69, 9.17) is 144 Å². The molecule has 570 valence electrons. The summed E-state index contributed by atoms with van der Waals surface area (Å²) in [6.45, 7) is 9.47. The number of ether oxygens (including phenoxy) is 24. The van der Waals surface area contributed by atoms with Crippen molar-refractivity contribution in [1.29, 1.82) is 0 Å². The maximum absolute atomic E-state index is 6.53. The maximum atomic E-state index is 6.53. The van der Waals surface area contributed by atoms with Crippen molar-refractivity contribution < 1.29 is 133 Å². The third kappa shape index (κ3) is 25.4. The van der Waals surface area contributed by atoms with Crippen LogP contribution in [0.15, 0.2) is 48.5 Å². The largest absolute Gasteiger partial charge is 2.00 e. The standard InChI is InChI=1S/C72H98N8O24.Zn/c1-81-9-17-89-25-33-97-57-41-49-50(42-58(57)98-34-26-90-18-10-82-2)66-73-65(49)77-67-51-43-59(99-35-27-91-19-11-83-3)60(100-36-28-92-20-12-84-4)44-52(51)69(74-67)79-71-55-47-63(103-39-31-95-23-15-87-7)64(104-40-32-96-24-16-88-8)48-56(55)72(76-71)80-70-54-46-62(102-38-30-94-22-14-86-6)61(45-53(54)68(75-70)78-66)101-37-29-93-21-13-85-5;/h41-48H,9-40H2,1-8H3,(H2,73,74,75,76,77,78,79,80);/q;+2. The molecule has 0 radical (unpaired) electrons. The second-order valence-electron chi connectivity index (χ2n) is 22.6. The van der Waals surface area contributed by atoms with Gasteiger partial charge in [0.2, 0.25) is 0 Å². The van der Waals surface area contributed by atoms with Crippen LogP contribution >= 0.6 is 0 Å². The van der Waals surface area contributed by atoms with Gasteiger partial charge in [0.15, 0.2) is 69.3 Å². The molecule has 32 nitrogen and oxygen atoms in total. The number of rotatable bonds is 56. The Morgan fingerprint density at radius 2 is 0.352 bits per heavy atom. The summed E-state index contributed by atoms with van der Waals surface area (Å²) in [6, 6.07) is 14.7. The Morgan fingerprint density at radius 3 is 0.514 bits per heavy atom. The van der Waals surface area contributed by atoms with Crippen LogP contribution in [-0.2, 0) is 95.3 Å². The molecule has 5 heterocycles. The van der Waals surface area contributed by atoms with Crippen molar-refractivity contribution in [3.8, 4) is 91.5 Å². The quantitative estimate of drug-likeness (QED) is 0.0281. The van der Waals surface area contributed by atoms with Crippen LogP contribution in [-0.4, -0.2) is 308 Å². The molecule has 0 atom stereocenters. The van der Waals surface area contributed by atoms with Crippen molar-refractivity contribution in [3.63, 3.8) is 0 Å². The summed E-state index contributed by atoms with van der Waals surface area (Å²) in [4.78, 5) is 39.4. The Bertz CT molecular complexity index is 3410. The van der Waals surface area contributed by atoms with Crippen molar-refractivity contribution in [2.45, 2.75) is 0 Å². The number of methoxy groups -OCH3 is 8. The Kier molecular flexibility index (Phi) is 37.5. The van der Waals surface area contributed by atoms with Gasteiger partial charge in [0, 0.05) is 101 Å². The van der Waals surface area contributed by atoms with Crippen LogP contribution in [0.1, 0.15) is 0 Å². The van der Waals surface area contributed by atoms with Gasteiger partial charge in [0.05, 0.1) is 159 Å². The van der Waals surface area contributed by atoms with E-state index in [1.165, 1.54) is 0 Å². The second kappa shape index (κ2) is 47.3. The van der Waals surface area contributed by atoms with E-state index < -0.39 is 0 Å². The first kappa shape index (κ1) is 83.3. The molecule has 0 saturated carbocycles. The molecule has 0 amide bonds. The van der Waals surface area contributed by atoms with Gasteiger partial charge in [0.25, 0.3) is 0 Å². The summed E-state index contributed by atoms with van der Waals surface area (Å²) in [5.41, 5.74) is 3.47. The molecular formula is C72H98N8O24Zn+2. The number of fused-ring (bicyclic) bond motifs is 20. The molecule has 0 aliphatic carbocycles. The number of H-pyrrole nitrogens is 2. The molecule has 0 saturated heterocycles. The third-order valence-electron chi connectivity index (χ3n) is 15.4. The number of nitrogens with one attached hydrogen (secondary N) is 2. The molecule has 0 unspecified atom stereocenters. The minimum Gasteiger partial charge on any atom is -0.487 e. The van der Waals surface area contributed by atoms with E-state index in [9.17, 15) is 0 Å². The van der Waals surface area contributed by atoms with Crippen molar-refractivity contribution >= 4 is 44.1 Å². The number of benzene rings is 4. The van der Waals surface area contributed by atoms with Crippen molar-refractivity contribution in [2.75, 3.05) is 268 Å². The van der Waals surface area contributed by atoms with E-state index in [-0.39, 0.29) is 148 Å². The number of aromatic amines is 2. The molecule has 2 aliphatic rings. The molecule has 9 rings (SSSR count). The monoisotopic (exact) mass is 1520 g/mol. The third-order valence-corrected chi connectivity index (χ3v) is 15.4. The fourth-order valence-electron chi connectivity index (χ4n) is 10.4. The van der Waals surface area contributed by atoms with Crippen LogP contribution in [0.3, 0.4) is 0 Å². The second-order valence-corrected chi connectivity index (χ2v) is 22.6. The molecule has 2 N–H and O–H groups in total. The van der Waals surface area contributed by atoms with Crippen LogP contribution in [0.5, 0.6) is 46.0 Å². The van der Waals surface area contributed by atoms with E-state index in [2.05, 4.69) is 9.97 Å². The van der Waals surface area contributed by atoms with Gasteiger partial charge < -0.3 is 124 Å². The summed E-state index contributed by atoms with van der Waals surface area (Å²) in [5, 5.41) is 2.27. The van der Waals surface area contributed by atoms with Crippen LogP contribution in [0.2, 0.25) is 0 Å². The normalized spacial score (nSPS) is 11.7. The average Bonchev–Trinajstić information content (AvgIpc) is 1.60. The number of hydrogen-bond donors (Lipinski definition) is 2. The van der Waals surface area contributed by atoms with E-state index >= 15 is 0 Å². The molecule has 7 aromatic rings. The smallest absolute Gasteiger partial charge is 0.487 e. The first-order valence-corrected chi connectivity index (χ1v) is 34.4. The van der Waals surface area contributed by atoms with Crippen molar-refractivity contribution in [1.82, 2.24) is 39.9 Å². The van der Waals surface area contributed by atoms with E-state index in [1.54, 1.807) is 56.9 Å². The molecule has 0 fully saturated rings. The zero-order chi connectivity index (χ0) is 72.8. The topological polar surface area (TPSA) is 330 Å². The van der Waals surface area contributed by atoms with Crippen molar-refractivity contribution in [3.05, 3.63) is 48.5 Å². The summed E-state index contributed by atoms with van der Waals surface area (Å²) < 4.78 is 141. The maximum Gasteiger partial charge on any atom is 2.00 e. The first-order chi connectivity index (χ1) is 51.3. The molecule has 105 heavy (non-hydrogen) atoms. The zero-order valence-electron chi connectivity index (χ0n) is 61.4. The molecule has 8 bridgehead atoms. The van der Waals surface area contributed by atoms with Gasteiger partial charge in [-0.05, 0) is 48.5 Å². The van der Waals surface area contributed by atoms with Crippen LogP contribution < -0.4 is 37.9 Å². The molecular weight excluding hydrogens is 1430 g/mol. The number of aromatic nitrogens is 8. The van der Waals surface area contributed by atoms with Gasteiger partial charge in [-0.1, -0.05) is 0 Å². The predicted molar refractivity (Wildman–Crippen MR) is 382 cm³/mol. The van der Waals surface area contributed by atoms with Gasteiger partial charge in [-0.2, -0.15) is 0 Å². The Morgan fingerprint density at radius 1 is 0.200 bits per heavy atom. The molecule has 3 aromatic heterocycles. The number of hydrogen-bond acceptors (Lipinski definition) is 30. The van der Waals surface area contributed by atoms with Crippen LogP contribution in [0, 0.1) is 0 Å². The van der Waals surface area contributed by atoms with Gasteiger partial charge in [0.1, 0.15) is 75.4 Å². The average molecular weight is 1520 g/mol. The van der Waals surface area contributed by atoms with Gasteiger partial charge in [-0.15, -0.1) is 0 Å².